The van der Waals surface area contributed by atoms with Crippen molar-refractivity contribution in [1.82, 2.24) is 16.0 Å². The van der Waals surface area contributed by atoms with Crippen LogP contribution in [0.15, 0.2) is 0 Å². The van der Waals surface area contributed by atoms with Crippen molar-refractivity contribution < 1.29 is 9.59 Å². The number of hydrogen-bond acceptors (Lipinski definition) is 3. The van der Waals surface area contributed by atoms with Crippen molar-refractivity contribution >= 4 is 11.8 Å². The van der Waals surface area contributed by atoms with Crippen LogP contribution in [0.1, 0.15) is 38.5 Å². The number of rotatable bonds is 7. The van der Waals surface area contributed by atoms with E-state index in [2.05, 4.69) is 16.0 Å². The molecule has 2 amide bonds. The number of hydrogen-bond donors (Lipinski definition) is 3. The zero-order chi connectivity index (χ0) is 12.8. The summed E-state index contributed by atoms with van der Waals surface area (Å²) in [4.78, 5) is 22.9. The molecule has 2 fully saturated rings. The van der Waals surface area contributed by atoms with Gasteiger partial charge in [0, 0.05) is 25.4 Å². The van der Waals surface area contributed by atoms with E-state index < -0.39 is 0 Å². The normalized spacial score (nSPS) is 22.8. The van der Waals surface area contributed by atoms with Crippen molar-refractivity contribution in [3.63, 3.8) is 0 Å². The number of nitrogens with one attached hydrogen (secondary N) is 3. The Kier molecular flexibility index (Phi) is 4.99. The van der Waals surface area contributed by atoms with Crippen molar-refractivity contribution in [2.24, 2.45) is 5.92 Å². The third kappa shape index (κ3) is 5.04. The first kappa shape index (κ1) is 13.3. The molecule has 2 rings (SSSR count). The molecular formula is C13H23N3O2. The molecule has 0 bridgehead atoms. The Morgan fingerprint density at radius 1 is 1.11 bits per heavy atom. The molecule has 1 saturated carbocycles. The van der Waals surface area contributed by atoms with E-state index in [9.17, 15) is 9.59 Å². The Labute approximate surface area is 108 Å². The molecule has 1 heterocycles. The van der Waals surface area contributed by atoms with Gasteiger partial charge in [0.25, 0.3) is 0 Å². The maximum absolute atomic E-state index is 11.6. The van der Waals surface area contributed by atoms with E-state index in [1.807, 2.05) is 0 Å². The molecule has 0 aromatic carbocycles. The minimum atomic E-state index is 0.0535. The Morgan fingerprint density at radius 2 is 1.94 bits per heavy atom. The van der Waals surface area contributed by atoms with E-state index in [4.69, 9.17) is 0 Å². The molecule has 0 radical (unpaired) electrons. The quantitative estimate of drug-likeness (QED) is 0.605. The Morgan fingerprint density at radius 3 is 2.61 bits per heavy atom. The molecule has 3 N–H and O–H groups in total. The Balaban J connectivity index is 1.47. The Bertz CT molecular complexity index is 297. The molecule has 2 aliphatic rings. The molecular weight excluding hydrogens is 230 g/mol. The molecule has 18 heavy (non-hydrogen) atoms. The fourth-order valence-electron chi connectivity index (χ4n) is 2.23. The minimum absolute atomic E-state index is 0.0535. The van der Waals surface area contributed by atoms with Gasteiger partial charge in [0.2, 0.25) is 11.8 Å². The van der Waals surface area contributed by atoms with Gasteiger partial charge in [-0.15, -0.1) is 0 Å². The van der Waals surface area contributed by atoms with Gasteiger partial charge < -0.3 is 16.0 Å². The van der Waals surface area contributed by atoms with Crippen LogP contribution in [0.25, 0.3) is 0 Å². The lowest BCUT2D eigenvalue weighted by molar-refractivity contribution is -0.122. The van der Waals surface area contributed by atoms with Gasteiger partial charge in [0.1, 0.15) is 0 Å². The van der Waals surface area contributed by atoms with Crippen molar-refractivity contribution in [2.75, 3.05) is 19.6 Å². The molecule has 1 saturated heterocycles. The van der Waals surface area contributed by atoms with Crippen molar-refractivity contribution in [2.45, 2.75) is 44.6 Å². The molecule has 0 aromatic heterocycles. The summed E-state index contributed by atoms with van der Waals surface area (Å²) in [6, 6.07) is 0.406. The lowest BCUT2D eigenvalue weighted by Gasteiger charge is -2.08. The molecule has 5 heteroatoms. The van der Waals surface area contributed by atoms with Crippen LogP contribution in [-0.2, 0) is 9.59 Å². The van der Waals surface area contributed by atoms with Crippen LogP contribution >= 0.6 is 0 Å². The molecule has 1 aliphatic carbocycles. The minimum Gasteiger partial charge on any atom is -0.356 e. The van der Waals surface area contributed by atoms with Crippen molar-refractivity contribution in [3.05, 3.63) is 0 Å². The summed E-state index contributed by atoms with van der Waals surface area (Å²) >= 11 is 0. The topological polar surface area (TPSA) is 70.2 Å². The van der Waals surface area contributed by atoms with Gasteiger partial charge in [-0.25, -0.2) is 0 Å². The lowest BCUT2D eigenvalue weighted by atomic mass is 10.0. The maximum atomic E-state index is 11.6. The van der Waals surface area contributed by atoms with Gasteiger partial charge >= 0.3 is 0 Å². The fraction of sp³-hybridized carbons (Fsp3) is 0.846. The van der Waals surface area contributed by atoms with Gasteiger partial charge in [-0.1, -0.05) is 0 Å². The van der Waals surface area contributed by atoms with Crippen molar-refractivity contribution in [1.29, 1.82) is 0 Å². The van der Waals surface area contributed by atoms with E-state index in [0.29, 0.717) is 31.3 Å². The Hall–Kier alpha value is -1.10. The fourth-order valence-corrected chi connectivity index (χ4v) is 2.23. The smallest absolute Gasteiger partial charge is 0.221 e. The third-order valence-electron chi connectivity index (χ3n) is 3.56. The summed E-state index contributed by atoms with van der Waals surface area (Å²) in [6.07, 6.45) is 5.31. The maximum Gasteiger partial charge on any atom is 0.221 e. The molecule has 1 atom stereocenters. The molecule has 0 aromatic rings. The summed E-state index contributed by atoms with van der Waals surface area (Å²) in [7, 11) is 0. The van der Waals surface area contributed by atoms with E-state index in [-0.39, 0.29) is 11.8 Å². The molecule has 5 nitrogen and oxygen atoms in total. The van der Waals surface area contributed by atoms with E-state index in [1.54, 1.807) is 0 Å². The van der Waals surface area contributed by atoms with Gasteiger partial charge in [0.15, 0.2) is 0 Å². The van der Waals surface area contributed by atoms with Crippen LogP contribution in [0, 0.1) is 5.92 Å². The summed E-state index contributed by atoms with van der Waals surface area (Å²) in [5.74, 6) is 0.771. The highest BCUT2D eigenvalue weighted by Crippen LogP contribution is 2.18. The predicted molar refractivity (Wildman–Crippen MR) is 69.0 cm³/mol. The van der Waals surface area contributed by atoms with Crippen LogP contribution in [0.5, 0.6) is 0 Å². The average molecular weight is 253 g/mol. The monoisotopic (exact) mass is 253 g/mol. The predicted octanol–water partition coefficient (Wildman–Crippen LogP) is 0.161. The van der Waals surface area contributed by atoms with Gasteiger partial charge in [-0.2, -0.15) is 0 Å². The van der Waals surface area contributed by atoms with E-state index >= 15 is 0 Å². The first-order valence-corrected chi connectivity index (χ1v) is 7.01. The number of amides is 2. The van der Waals surface area contributed by atoms with Crippen LogP contribution < -0.4 is 16.0 Å². The van der Waals surface area contributed by atoms with Gasteiger partial charge in [-0.3, -0.25) is 9.59 Å². The summed E-state index contributed by atoms with van der Waals surface area (Å²) in [5.41, 5.74) is 0. The third-order valence-corrected chi connectivity index (χ3v) is 3.56. The largest absolute Gasteiger partial charge is 0.356 e. The lowest BCUT2D eigenvalue weighted by Crippen LogP contribution is -2.31. The zero-order valence-electron chi connectivity index (χ0n) is 10.8. The number of carbonyl (C=O) groups excluding carboxylic acids is 2. The highest BCUT2D eigenvalue weighted by Gasteiger charge is 2.22. The molecule has 0 spiro atoms. The second-order valence-electron chi connectivity index (χ2n) is 5.34. The van der Waals surface area contributed by atoms with E-state index in [0.717, 1.165) is 32.4 Å². The summed E-state index contributed by atoms with van der Waals surface area (Å²) < 4.78 is 0. The van der Waals surface area contributed by atoms with Crippen LogP contribution in [-0.4, -0.2) is 37.5 Å². The highest BCUT2D eigenvalue weighted by molar-refractivity contribution is 5.79. The highest BCUT2D eigenvalue weighted by atomic mass is 16.2. The second kappa shape index (κ2) is 6.73. The van der Waals surface area contributed by atoms with Crippen molar-refractivity contribution in [3.8, 4) is 0 Å². The molecule has 102 valence electrons. The summed E-state index contributed by atoms with van der Waals surface area (Å²) in [6.45, 7) is 2.57. The SMILES string of the molecule is O=C(CCC1CCNC1)NCCC(=O)NC1CC1. The first-order valence-electron chi connectivity index (χ1n) is 7.01. The van der Waals surface area contributed by atoms with Crippen LogP contribution in [0.2, 0.25) is 0 Å². The first-order chi connectivity index (χ1) is 8.74. The van der Waals surface area contributed by atoms with Crippen LogP contribution in [0.3, 0.4) is 0 Å². The molecule has 1 unspecified atom stereocenters. The number of carbonyl (C=O) groups is 2. The zero-order valence-corrected chi connectivity index (χ0v) is 10.8. The standard InChI is InChI=1S/C13H23N3O2/c17-12(4-1-10-5-7-14-9-10)15-8-6-13(18)16-11-2-3-11/h10-11,14H,1-9H2,(H,15,17)(H,16,18). The molecule has 1 aliphatic heterocycles. The second-order valence-corrected chi connectivity index (χ2v) is 5.34. The van der Waals surface area contributed by atoms with Gasteiger partial charge in [-0.05, 0) is 44.7 Å². The van der Waals surface area contributed by atoms with Crippen LogP contribution in [0.4, 0.5) is 0 Å². The van der Waals surface area contributed by atoms with Gasteiger partial charge in [0.05, 0.1) is 0 Å². The average Bonchev–Trinajstić information content (AvgIpc) is 2.99. The summed E-state index contributed by atoms with van der Waals surface area (Å²) in [5, 5.41) is 9.01. The van der Waals surface area contributed by atoms with E-state index in [1.165, 1.54) is 6.42 Å².